The number of nitrogens with zero attached hydrogens (tertiary/aromatic N) is 4. The topological polar surface area (TPSA) is 62.6 Å². The molecular weight excluding hydrogens is 395 g/mol. The van der Waals surface area contributed by atoms with E-state index < -0.39 is 11.9 Å². The minimum absolute atomic E-state index is 0.122. The van der Waals surface area contributed by atoms with Gasteiger partial charge < -0.3 is 15.0 Å². The molecule has 3 rings (SSSR count). The van der Waals surface area contributed by atoms with Crippen molar-refractivity contribution in [2.45, 2.75) is 32.5 Å². The van der Waals surface area contributed by atoms with E-state index in [-0.39, 0.29) is 6.04 Å². The van der Waals surface area contributed by atoms with Gasteiger partial charge in [0, 0.05) is 25.8 Å². The summed E-state index contributed by atoms with van der Waals surface area (Å²) in [6, 6.07) is 6.14. The number of rotatable bonds is 4. The number of anilines is 2. The van der Waals surface area contributed by atoms with Crippen molar-refractivity contribution < 1.29 is 17.9 Å². The van der Waals surface area contributed by atoms with Crippen LogP contribution in [0.2, 0.25) is 0 Å². The second kappa shape index (κ2) is 8.73. The second-order valence-electron chi connectivity index (χ2n) is 7.10. The highest BCUT2D eigenvalue weighted by atomic mass is 19.4. The fourth-order valence-electron chi connectivity index (χ4n) is 3.46. The van der Waals surface area contributed by atoms with Crippen LogP contribution in [0.15, 0.2) is 52.8 Å². The van der Waals surface area contributed by atoms with Gasteiger partial charge in [-0.05, 0) is 55.7 Å². The largest absolute Gasteiger partial charge is 0.493 e. The number of aliphatic imine (C=N–C) groups is 1. The average molecular weight is 419 g/mol. The maximum atomic E-state index is 12.7. The van der Waals surface area contributed by atoms with Gasteiger partial charge in [0.25, 0.3) is 0 Å². The van der Waals surface area contributed by atoms with Crippen LogP contribution >= 0.6 is 0 Å². The molecule has 3 heterocycles. The van der Waals surface area contributed by atoms with Gasteiger partial charge >= 0.3 is 6.18 Å². The molecule has 1 aliphatic rings. The number of hydrogen-bond acceptors (Lipinski definition) is 5. The van der Waals surface area contributed by atoms with Gasteiger partial charge in [0.05, 0.1) is 19.0 Å². The molecule has 1 aliphatic heterocycles. The van der Waals surface area contributed by atoms with Gasteiger partial charge in [0.2, 0.25) is 0 Å². The molecule has 0 amide bonds. The smallest absolute Gasteiger partial charge is 0.433 e. The number of amidine groups is 1. The first-order chi connectivity index (χ1) is 14.2. The zero-order chi connectivity index (χ0) is 21.9. The SMILES string of the molecule is CN=C(Nc1ccc(C(F)(F)F)nc1)C1=C(C)CN(c2ncccc2OC)C(C)C1. The number of hydrogen-bond donors (Lipinski definition) is 1. The highest BCUT2D eigenvalue weighted by Crippen LogP contribution is 2.33. The lowest BCUT2D eigenvalue weighted by atomic mass is 9.94. The molecule has 2 aromatic rings. The normalized spacial score (nSPS) is 17.9. The highest BCUT2D eigenvalue weighted by molar-refractivity contribution is 6.08. The first-order valence-corrected chi connectivity index (χ1v) is 9.46. The molecule has 6 nitrogen and oxygen atoms in total. The summed E-state index contributed by atoms with van der Waals surface area (Å²) in [6.45, 7) is 4.74. The monoisotopic (exact) mass is 419 g/mol. The minimum atomic E-state index is -4.46. The molecule has 0 fully saturated rings. The Labute approximate surface area is 173 Å². The molecule has 0 spiro atoms. The lowest BCUT2D eigenvalue weighted by Crippen LogP contribution is -2.41. The summed E-state index contributed by atoms with van der Waals surface area (Å²) in [4.78, 5) is 14.5. The van der Waals surface area contributed by atoms with Crippen molar-refractivity contribution in [2.75, 3.05) is 30.9 Å². The van der Waals surface area contributed by atoms with Gasteiger partial charge in [0.1, 0.15) is 11.5 Å². The Kier molecular flexibility index (Phi) is 6.28. The molecule has 0 aromatic carbocycles. The van der Waals surface area contributed by atoms with E-state index in [1.165, 1.54) is 12.3 Å². The third-order valence-electron chi connectivity index (χ3n) is 5.02. The molecule has 0 saturated heterocycles. The summed E-state index contributed by atoms with van der Waals surface area (Å²) in [5, 5.41) is 3.11. The fourth-order valence-corrected chi connectivity index (χ4v) is 3.46. The first-order valence-electron chi connectivity index (χ1n) is 9.46. The summed E-state index contributed by atoms with van der Waals surface area (Å²) in [6.07, 6.45) is -0.869. The molecule has 0 bridgehead atoms. The number of halogens is 3. The number of aromatic nitrogens is 2. The van der Waals surface area contributed by atoms with Crippen LogP contribution in [0.25, 0.3) is 0 Å². The Bertz CT molecular complexity index is 954. The van der Waals surface area contributed by atoms with E-state index >= 15 is 0 Å². The lowest BCUT2D eigenvalue weighted by Gasteiger charge is -2.37. The van der Waals surface area contributed by atoms with Crippen molar-refractivity contribution in [3.63, 3.8) is 0 Å². The van der Waals surface area contributed by atoms with Crippen LogP contribution in [0.3, 0.4) is 0 Å². The molecule has 0 radical (unpaired) electrons. The van der Waals surface area contributed by atoms with Crippen molar-refractivity contribution >= 4 is 17.3 Å². The van der Waals surface area contributed by atoms with Gasteiger partial charge in [-0.1, -0.05) is 0 Å². The van der Waals surface area contributed by atoms with E-state index in [2.05, 4.69) is 32.1 Å². The minimum Gasteiger partial charge on any atom is -0.493 e. The van der Waals surface area contributed by atoms with Gasteiger partial charge in [-0.15, -0.1) is 0 Å². The van der Waals surface area contributed by atoms with Crippen LogP contribution in [0.5, 0.6) is 5.75 Å². The van der Waals surface area contributed by atoms with Crippen molar-refractivity contribution in [2.24, 2.45) is 4.99 Å². The molecule has 0 saturated carbocycles. The summed E-state index contributed by atoms with van der Waals surface area (Å²) in [5.74, 6) is 2.10. The van der Waals surface area contributed by atoms with Gasteiger partial charge in [-0.25, -0.2) is 9.97 Å². The Balaban J connectivity index is 1.82. The van der Waals surface area contributed by atoms with Crippen molar-refractivity contribution in [1.82, 2.24) is 9.97 Å². The van der Waals surface area contributed by atoms with Crippen LogP contribution in [0.1, 0.15) is 26.0 Å². The first kappa shape index (κ1) is 21.6. The van der Waals surface area contributed by atoms with Gasteiger partial charge in [-0.2, -0.15) is 13.2 Å². The van der Waals surface area contributed by atoms with Crippen LogP contribution in [-0.4, -0.2) is 42.5 Å². The molecule has 1 unspecified atom stereocenters. The lowest BCUT2D eigenvalue weighted by molar-refractivity contribution is -0.141. The highest BCUT2D eigenvalue weighted by Gasteiger charge is 2.32. The number of ether oxygens (including phenoxy) is 1. The zero-order valence-electron chi connectivity index (χ0n) is 17.3. The Morgan fingerprint density at radius 2 is 2.03 bits per heavy atom. The van der Waals surface area contributed by atoms with E-state index in [9.17, 15) is 13.2 Å². The van der Waals surface area contributed by atoms with Crippen LogP contribution in [0, 0.1) is 0 Å². The molecule has 0 aliphatic carbocycles. The Hall–Kier alpha value is -3.10. The van der Waals surface area contributed by atoms with Crippen molar-refractivity contribution in [1.29, 1.82) is 0 Å². The number of methoxy groups -OCH3 is 1. The maximum absolute atomic E-state index is 12.7. The quantitative estimate of drug-likeness (QED) is 0.582. The summed E-state index contributed by atoms with van der Waals surface area (Å²) in [5.41, 5.74) is 1.64. The maximum Gasteiger partial charge on any atom is 0.433 e. The summed E-state index contributed by atoms with van der Waals surface area (Å²) < 4.78 is 43.6. The average Bonchev–Trinajstić information content (AvgIpc) is 2.73. The molecule has 1 N–H and O–H groups in total. The predicted octanol–water partition coefficient (Wildman–Crippen LogP) is 4.56. The second-order valence-corrected chi connectivity index (χ2v) is 7.10. The zero-order valence-corrected chi connectivity index (χ0v) is 17.3. The molecule has 1 atom stereocenters. The molecule has 9 heteroatoms. The third-order valence-corrected chi connectivity index (χ3v) is 5.02. The molecular formula is C21H24F3N5O. The number of pyridine rings is 2. The Morgan fingerprint density at radius 3 is 2.63 bits per heavy atom. The van der Waals surface area contributed by atoms with E-state index in [0.29, 0.717) is 30.2 Å². The van der Waals surface area contributed by atoms with Gasteiger partial charge in [-0.3, -0.25) is 4.99 Å². The standard InChI is InChI=1S/C21H24F3N5O/c1-13-12-29(20-17(30-4)6-5-9-26-20)14(2)10-16(13)19(25-3)28-15-7-8-18(27-11-15)21(22,23)24/h5-9,11,14H,10,12H2,1-4H3,(H,25,28). The molecule has 160 valence electrons. The van der Waals surface area contributed by atoms with E-state index in [0.717, 1.165) is 23.0 Å². The van der Waals surface area contributed by atoms with Crippen LogP contribution in [0.4, 0.5) is 24.7 Å². The van der Waals surface area contributed by atoms with Crippen LogP contribution < -0.4 is 15.0 Å². The van der Waals surface area contributed by atoms with E-state index in [1.807, 2.05) is 19.1 Å². The van der Waals surface area contributed by atoms with Crippen LogP contribution in [-0.2, 0) is 6.18 Å². The van der Waals surface area contributed by atoms with Gasteiger partial charge in [0.15, 0.2) is 11.6 Å². The molecule has 2 aromatic heterocycles. The summed E-state index contributed by atoms with van der Waals surface area (Å²) in [7, 11) is 3.27. The Morgan fingerprint density at radius 1 is 1.27 bits per heavy atom. The number of alkyl halides is 3. The van der Waals surface area contributed by atoms with E-state index in [1.54, 1.807) is 20.4 Å². The fraction of sp³-hybridized carbons (Fsp3) is 0.381. The molecule has 30 heavy (non-hydrogen) atoms. The predicted molar refractivity (Wildman–Crippen MR) is 111 cm³/mol. The van der Waals surface area contributed by atoms with Crippen molar-refractivity contribution in [3.05, 3.63) is 53.5 Å². The number of nitrogens with one attached hydrogen (secondary N) is 1. The van der Waals surface area contributed by atoms with E-state index in [4.69, 9.17) is 4.74 Å². The summed E-state index contributed by atoms with van der Waals surface area (Å²) >= 11 is 0. The van der Waals surface area contributed by atoms with Crippen molar-refractivity contribution in [3.8, 4) is 5.75 Å². The third kappa shape index (κ3) is 4.55.